The van der Waals surface area contributed by atoms with Gasteiger partial charge in [-0.25, -0.2) is 17.5 Å². The molecule has 0 heterocycles. The van der Waals surface area contributed by atoms with Gasteiger partial charge in [-0.3, -0.25) is 0 Å². The standard InChI is InChI=1S/C15H12ClF4NO2S/c16-13-9-12(4-5-14(13)17)24(22,23)21-7-6-10-2-1-3-11(8-10)15(18,19)20/h1-5,8-9,21H,6-7H2. The maximum Gasteiger partial charge on any atom is 0.416 e. The average Bonchev–Trinajstić information content (AvgIpc) is 2.49. The molecule has 0 spiro atoms. The molecule has 0 aliphatic carbocycles. The number of halogens is 5. The first-order chi connectivity index (χ1) is 11.1. The van der Waals surface area contributed by atoms with Crippen molar-refractivity contribution >= 4 is 21.6 Å². The van der Waals surface area contributed by atoms with Gasteiger partial charge in [0.2, 0.25) is 10.0 Å². The lowest BCUT2D eigenvalue weighted by Crippen LogP contribution is -2.26. The van der Waals surface area contributed by atoms with E-state index in [1.54, 1.807) is 0 Å². The molecule has 0 aromatic heterocycles. The number of hydrogen-bond acceptors (Lipinski definition) is 2. The Labute approximate surface area is 141 Å². The van der Waals surface area contributed by atoms with E-state index in [0.717, 1.165) is 30.3 Å². The molecule has 9 heteroatoms. The molecule has 0 bridgehead atoms. The van der Waals surface area contributed by atoms with E-state index in [-0.39, 0.29) is 22.9 Å². The van der Waals surface area contributed by atoms with Gasteiger partial charge >= 0.3 is 6.18 Å². The smallest absolute Gasteiger partial charge is 0.211 e. The van der Waals surface area contributed by atoms with Crippen molar-refractivity contribution in [1.29, 1.82) is 0 Å². The van der Waals surface area contributed by atoms with Gasteiger partial charge in [0.25, 0.3) is 0 Å². The van der Waals surface area contributed by atoms with E-state index in [9.17, 15) is 26.0 Å². The molecular formula is C15H12ClF4NO2S. The molecule has 0 amide bonds. The summed E-state index contributed by atoms with van der Waals surface area (Å²) in [5.41, 5.74) is -0.460. The summed E-state index contributed by atoms with van der Waals surface area (Å²) in [4.78, 5) is -0.224. The molecule has 0 atom stereocenters. The number of benzene rings is 2. The Bertz CT molecular complexity index is 838. The molecule has 0 saturated carbocycles. The highest BCUT2D eigenvalue weighted by molar-refractivity contribution is 7.89. The molecule has 0 fully saturated rings. The topological polar surface area (TPSA) is 46.2 Å². The molecule has 0 radical (unpaired) electrons. The molecule has 0 aliphatic heterocycles. The third-order valence-corrected chi connectivity index (χ3v) is 4.91. The lowest BCUT2D eigenvalue weighted by atomic mass is 10.1. The molecule has 2 aromatic rings. The van der Waals surface area contributed by atoms with Crippen LogP contribution in [-0.4, -0.2) is 15.0 Å². The van der Waals surface area contributed by atoms with E-state index in [2.05, 4.69) is 4.72 Å². The fourth-order valence-electron chi connectivity index (χ4n) is 1.96. The highest BCUT2D eigenvalue weighted by atomic mass is 35.5. The molecule has 0 unspecified atom stereocenters. The zero-order chi connectivity index (χ0) is 18.0. The van der Waals surface area contributed by atoms with E-state index in [0.29, 0.717) is 5.56 Å². The van der Waals surface area contributed by atoms with Crippen LogP contribution in [0.25, 0.3) is 0 Å². The Hall–Kier alpha value is -1.64. The van der Waals surface area contributed by atoms with Gasteiger partial charge in [0.15, 0.2) is 0 Å². The highest BCUT2D eigenvalue weighted by Gasteiger charge is 2.30. The van der Waals surface area contributed by atoms with Gasteiger partial charge in [0, 0.05) is 6.54 Å². The van der Waals surface area contributed by atoms with Crippen molar-refractivity contribution in [3.63, 3.8) is 0 Å². The van der Waals surface area contributed by atoms with Crippen molar-refractivity contribution in [1.82, 2.24) is 4.72 Å². The van der Waals surface area contributed by atoms with Gasteiger partial charge in [0.1, 0.15) is 5.82 Å². The van der Waals surface area contributed by atoms with Crippen molar-refractivity contribution in [2.75, 3.05) is 6.54 Å². The van der Waals surface area contributed by atoms with Crippen LogP contribution in [0.4, 0.5) is 17.6 Å². The van der Waals surface area contributed by atoms with Gasteiger partial charge in [-0.15, -0.1) is 0 Å². The fourth-order valence-corrected chi connectivity index (χ4v) is 3.26. The van der Waals surface area contributed by atoms with Gasteiger partial charge < -0.3 is 0 Å². The Morgan fingerprint density at radius 2 is 1.79 bits per heavy atom. The first-order valence-corrected chi connectivity index (χ1v) is 8.56. The summed E-state index contributed by atoms with van der Waals surface area (Å²) in [5.74, 6) is -0.750. The molecule has 130 valence electrons. The fraction of sp³-hybridized carbons (Fsp3) is 0.200. The van der Waals surface area contributed by atoms with Crippen molar-refractivity contribution in [2.45, 2.75) is 17.5 Å². The van der Waals surface area contributed by atoms with Crippen LogP contribution in [0.2, 0.25) is 5.02 Å². The Morgan fingerprint density at radius 1 is 1.08 bits per heavy atom. The molecule has 0 aliphatic rings. The van der Waals surface area contributed by atoms with Crippen LogP contribution in [0, 0.1) is 5.82 Å². The van der Waals surface area contributed by atoms with Crippen LogP contribution in [0.1, 0.15) is 11.1 Å². The van der Waals surface area contributed by atoms with Crippen LogP contribution < -0.4 is 4.72 Å². The summed E-state index contributed by atoms with van der Waals surface area (Å²) in [7, 11) is -3.93. The van der Waals surface area contributed by atoms with E-state index in [1.165, 1.54) is 12.1 Å². The molecular weight excluding hydrogens is 370 g/mol. The number of sulfonamides is 1. The Morgan fingerprint density at radius 3 is 2.42 bits per heavy atom. The summed E-state index contributed by atoms with van der Waals surface area (Å²) in [6.45, 7) is -0.112. The van der Waals surface area contributed by atoms with Crippen LogP contribution in [0.5, 0.6) is 0 Å². The third kappa shape index (κ3) is 4.68. The van der Waals surface area contributed by atoms with Crippen molar-refractivity contribution in [3.05, 3.63) is 64.4 Å². The lowest BCUT2D eigenvalue weighted by molar-refractivity contribution is -0.137. The monoisotopic (exact) mass is 381 g/mol. The Kier molecular flexibility index (Phi) is 5.52. The highest BCUT2D eigenvalue weighted by Crippen LogP contribution is 2.29. The predicted octanol–water partition coefficient (Wildman–Crippen LogP) is 4.02. The predicted molar refractivity (Wildman–Crippen MR) is 81.7 cm³/mol. The summed E-state index contributed by atoms with van der Waals surface area (Å²) in [6, 6.07) is 7.56. The maximum atomic E-state index is 13.1. The SMILES string of the molecule is O=S(=O)(NCCc1cccc(C(F)(F)F)c1)c1ccc(F)c(Cl)c1. The molecule has 1 N–H and O–H groups in total. The quantitative estimate of drug-likeness (QED) is 0.795. The first-order valence-electron chi connectivity index (χ1n) is 6.70. The van der Waals surface area contributed by atoms with E-state index >= 15 is 0 Å². The summed E-state index contributed by atoms with van der Waals surface area (Å²) in [6.07, 6.45) is -4.39. The minimum atomic E-state index is -4.46. The minimum absolute atomic E-state index is 0.0675. The number of rotatable bonds is 5. The number of alkyl halides is 3. The zero-order valence-corrected chi connectivity index (χ0v) is 13.6. The second-order valence-corrected chi connectivity index (χ2v) is 7.10. The largest absolute Gasteiger partial charge is 0.416 e. The average molecular weight is 382 g/mol. The van der Waals surface area contributed by atoms with Gasteiger partial charge in [-0.2, -0.15) is 13.2 Å². The Balaban J connectivity index is 2.04. The molecule has 0 saturated heterocycles. The van der Waals surface area contributed by atoms with Crippen molar-refractivity contribution in [3.8, 4) is 0 Å². The van der Waals surface area contributed by atoms with Crippen LogP contribution >= 0.6 is 11.6 Å². The third-order valence-electron chi connectivity index (χ3n) is 3.16. The summed E-state index contributed by atoms with van der Waals surface area (Å²) >= 11 is 5.54. The first kappa shape index (κ1) is 18.7. The van der Waals surface area contributed by atoms with E-state index in [4.69, 9.17) is 11.6 Å². The molecule has 3 nitrogen and oxygen atoms in total. The molecule has 24 heavy (non-hydrogen) atoms. The maximum absolute atomic E-state index is 13.1. The van der Waals surface area contributed by atoms with Gasteiger partial charge in [-0.1, -0.05) is 29.8 Å². The lowest BCUT2D eigenvalue weighted by Gasteiger charge is -2.10. The zero-order valence-electron chi connectivity index (χ0n) is 12.1. The second-order valence-electron chi connectivity index (χ2n) is 4.92. The van der Waals surface area contributed by atoms with Gasteiger partial charge in [-0.05, 0) is 36.2 Å². The van der Waals surface area contributed by atoms with Crippen LogP contribution in [-0.2, 0) is 22.6 Å². The summed E-state index contributed by atoms with van der Waals surface area (Å²) < 4.78 is 77.2. The van der Waals surface area contributed by atoms with Crippen molar-refractivity contribution in [2.24, 2.45) is 0 Å². The number of hydrogen-bond donors (Lipinski definition) is 1. The minimum Gasteiger partial charge on any atom is -0.211 e. The van der Waals surface area contributed by atoms with Crippen LogP contribution in [0.3, 0.4) is 0 Å². The second kappa shape index (κ2) is 7.08. The molecule has 2 rings (SSSR count). The summed E-state index contributed by atoms with van der Waals surface area (Å²) in [5, 5.41) is -0.337. The van der Waals surface area contributed by atoms with Crippen molar-refractivity contribution < 1.29 is 26.0 Å². The van der Waals surface area contributed by atoms with E-state index in [1.807, 2.05) is 0 Å². The van der Waals surface area contributed by atoms with Crippen LogP contribution in [0.15, 0.2) is 47.4 Å². The molecule has 2 aromatic carbocycles. The van der Waals surface area contributed by atoms with E-state index < -0.39 is 27.6 Å². The normalized spacial score (nSPS) is 12.4. The number of nitrogens with one attached hydrogen (secondary N) is 1. The van der Waals surface area contributed by atoms with Gasteiger partial charge in [0.05, 0.1) is 15.5 Å².